The predicted octanol–water partition coefficient (Wildman–Crippen LogP) is 1.90. The molecule has 2 rings (SSSR count). The molecule has 1 aromatic heterocycles. The highest BCUT2D eigenvalue weighted by atomic mass is 15.1. The Hall–Kier alpha value is -0.930. The minimum Gasteiger partial charge on any atom is -0.317 e. The van der Waals surface area contributed by atoms with Crippen LogP contribution in [-0.2, 0) is 6.54 Å². The normalized spacial score (nSPS) is 18.4. The molecule has 3 heteroatoms. The first-order chi connectivity index (χ1) is 8.38. The maximum atomic E-state index is 4.06. The van der Waals surface area contributed by atoms with Gasteiger partial charge in [0.25, 0.3) is 0 Å². The number of nitrogens with zero attached hydrogens (tertiary/aromatic N) is 2. The van der Waals surface area contributed by atoms with Crippen molar-refractivity contribution in [1.82, 2.24) is 15.2 Å². The number of rotatable bonds is 5. The van der Waals surface area contributed by atoms with Gasteiger partial charge in [-0.3, -0.25) is 9.88 Å². The summed E-state index contributed by atoms with van der Waals surface area (Å²) in [6.45, 7) is 8.02. The largest absolute Gasteiger partial charge is 0.317 e. The highest BCUT2D eigenvalue weighted by Gasteiger charge is 2.18. The van der Waals surface area contributed by atoms with E-state index in [1.165, 1.54) is 38.0 Å². The number of nitrogens with one attached hydrogen (secondary N) is 1. The first-order valence-corrected chi connectivity index (χ1v) is 6.70. The van der Waals surface area contributed by atoms with Crippen LogP contribution >= 0.6 is 0 Å². The lowest BCUT2D eigenvalue weighted by atomic mass is 9.96. The highest BCUT2D eigenvalue weighted by molar-refractivity contribution is 5.09. The summed E-state index contributed by atoms with van der Waals surface area (Å²) in [5.74, 6) is 0.878. The van der Waals surface area contributed by atoms with E-state index in [-0.39, 0.29) is 0 Å². The summed E-state index contributed by atoms with van der Waals surface area (Å²) in [5, 5.41) is 3.46. The summed E-state index contributed by atoms with van der Waals surface area (Å²) in [5.41, 5.74) is 1.38. The Labute approximate surface area is 104 Å². The second-order valence-electron chi connectivity index (χ2n) is 4.88. The van der Waals surface area contributed by atoms with E-state index < -0.39 is 0 Å². The molecule has 2 heterocycles. The van der Waals surface area contributed by atoms with Crippen molar-refractivity contribution in [3.8, 4) is 0 Å². The molecule has 0 bridgehead atoms. The maximum Gasteiger partial charge on any atom is 0.0271 e. The lowest BCUT2D eigenvalue weighted by Crippen LogP contribution is -2.36. The maximum absolute atomic E-state index is 4.06. The minimum absolute atomic E-state index is 0.878. The Bertz CT molecular complexity index is 305. The van der Waals surface area contributed by atoms with Gasteiger partial charge in [0.05, 0.1) is 0 Å². The van der Waals surface area contributed by atoms with Gasteiger partial charge in [0, 0.05) is 18.9 Å². The van der Waals surface area contributed by atoms with Gasteiger partial charge < -0.3 is 5.32 Å². The van der Waals surface area contributed by atoms with Crippen LogP contribution in [0.4, 0.5) is 0 Å². The molecule has 94 valence electrons. The van der Waals surface area contributed by atoms with Gasteiger partial charge in [-0.1, -0.05) is 6.92 Å². The molecule has 1 aliphatic heterocycles. The molecule has 1 aliphatic rings. The van der Waals surface area contributed by atoms with E-state index in [4.69, 9.17) is 0 Å². The monoisotopic (exact) mass is 233 g/mol. The molecule has 1 N–H and O–H groups in total. The van der Waals surface area contributed by atoms with Gasteiger partial charge in [0.2, 0.25) is 0 Å². The van der Waals surface area contributed by atoms with Crippen molar-refractivity contribution >= 4 is 0 Å². The first-order valence-electron chi connectivity index (χ1n) is 6.70. The number of likely N-dealkylation sites (tertiary alicyclic amines) is 1. The van der Waals surface area contributed by atoms with E-state index in [0.29, 0.717) is 0 Å². The average molecular weight is 233 g/mol. The summed E-state index contributed by atoms with van der Waals surface area (Å²) < 4.78 is 0. The quantitative estimate of drug-likeness (QED) is 0.842. The van der Waals surface area contributed by atoms with Crippen molar-refractivity contribution in [2.45, 2.75) is 26.3 Å². The van der Waals surface area contributed by atoms with Crippen LogP contribution in [0.2, 0.25) is 0 Å². The standard InChI is InChI=1S/C14H23N3/c1-2-15-11-13-5-9-17(10-6-13)12-14-3-7-16-8-4-14/h3-4,7-8,13,15H,2,5-6,9-12H2,1H3. The van der Waals surface area contributed by atoms with Gasteiger partial charge >= 0.3 is 0 Å². The van der Waals surface area contributed by atoms with Crippen LogP contribution in [0.25, 0.3) is 0 Å². The zero-order valence-electron chi connectivity index (χ0n) is 10.7. The molecular weight excluding hydrogens is 210 g/mol. The fourth-order valence-electron chi connectivity index (χ4n) is 2.44. The number of aromatic nitrogens is 1. The highest BCUT2D eigenvalue weighted by Crippen LogP contribution is 2.18. The lowest BCUT2D eigenvalue weighted by Gasteiger charge is -2.32. The predicted molar refractivity (Wildman–Crippen MR) is 70.8 cm³/mol. The van der Waals surface area contributed by atoms with Crippen LogP contribution in [0.15, 0.2) is 24.5 Å². The summed E-state index contributed by atoms with van der Waals surface area (Å²) in [4.78, 5) is 6.61. The van der Waals surface area contributed by atoms with E-state index >= 15 is 0 Å². The Balaban J connectivity index is 1.72. The summed E-state index contributed by atoms with van der Waals surface area (Å²) in [6.07, 6.45) is 6.43. The molecule has 1 fully saturated rings. The SMILES string of the molecule is CCNCC1CCN(Cc2ccncc2)CC1. The smallest absolute Gasteiger partial charge is 0.0271 e. The van der Waals surface area contributed by atoms with Gasteiger partial charge in [-0.2, -0.15) is 0 Å². The molecule has 0 saturated carbocycles. The van der Waals surface area contributed by atoms with Crippen LogP contribution in [0.5, 0.6) is 0 Å². The van der Waals surface area contributed by atoms with Crippen molar-refractivity contribution in [3.63, 3.8) is 0 Å². The van der Waals surface area contributed by atoms with Crippen molar-refractivity contribution in [3.05, 3.63) is 30.1 Å². The summed E-state index contributed by atoms with van der Waals surface area (Å²) in [6, 6.07) is 4.23. The van der Waals surface area contributed by atoms with Gasteiger partial charge in [-0.05, 0) is 62.6 Å². The van der Waals surface area contributed by atoms with Gasteiger partial charge in [0.1, 0.15) is 0 Å². The molecule has 1 saturated heterocycles. The van der Waals surface area contributed by atoms with Crippen LogP contribution in [-0.4, -0.2) is 36.1 Å². The van der Waals surface area contributed by atoms with E-state index in [2.05, 4.69) is 34.3 Å². The molecule has 17 heavy (non-hydrogen) atoms. The van der Waals surface area contributed by atoms with Crippen LogP contribution in [0, 0.1) is 5.92 Å². The van der Waals surface area contributed by atoms with Gasteiger partial charge in [0.15, 0.2) is 0 Å². The molecule has 0 aliphatic carbocycles. The third kappa shape index (κ3) is 4.10. The van der Waals surface area contributed by atoms with Crippen LogP contribution < -0.4 is 5.32 Å². The second-order valence-corrected chi connectivity index (χ2v) is 4.88. The molecule has 1 aromatic rings. The molecular formula is C14H23N3. The van der Waals surface area contributed by atoms with E-state index in [1.807, 2.05) is 12.4 Å². The van der Waals surface area contributed by atoms with Crippen LogP contribution in [0.3, 0.4) is 0 Å². The third-order valence-corrected chi connectivity index (χ3v) is 3.55. The molecule has 0 aromatic carbocycles. The van der Waals surface area contributed by atoms with E-state index in [0.717, 1.165) is 19.0 Å². The van der Waals surface area contributed by atoms with Crippen LogP contribution in [0.1, 0.15) is 25.3 Å². The van der Waals surface area contributed by atoms with Crippen molar-refractivity contribution in [2.75, 3.05) is 26.2 Å². The fraction of sp³-hybridized carbons (Fsp3) is 0.643. The van der Waals surface area contributed by atoms with Gasteiger partial charge in [-0.25, -0.2) is 0 Å². The zero-order chi connectivity index (χ0) is 11.9. The molecule has 0 unspecified atom stereocenters. The average Bonchev–Trinajstić information content (AvgIpc) is 2.39. The Morgan fingerprint density at radius 2 is 2.00 bits per heavy atom. The van der Waals surface area contributed by atoms with Crippen molar-refractivity contribution in [2.24, 2.45) is 5.92 Å². The lowest BCUT2D eigenvalue weighted by molar-refractivity contribution is 0.176. The van der Waals surface area contributed by atoms with Crippen molar-refractivity contribution in [1.29, 1.82) is 0 Å². The molecule has 0 amide bonds. The summed E-state index contributed by atoms with van der Waals surface area (Å²) >= 11 is 0. The summed E-state index contributed by atoms with van der Waals surface area (Å²) in [7, 11) is 0. The number of hydrogen-bond donors (Lipinski definition) is 1. The van der Waals surface area contributed by atoms with E-state index in [9.17, 15) is 0 Å². The van der Waals surface area contributed by atoms with Crippen molar-refractivity contribution < 1.29 is 0 Å². The molecule has 3 nitrogen and oxygen atoms in total. The molecule has 0 atom stereocenters. The third-order valence-electron chi connectivity index (χ3n) is 3.55. The fourth-order valence-corrected chi connectivity index (χ4v) is 2.44. The van der Waals surface area contributed by atoms with Gasteiger partial charge in [-0.15, -0.1) is 0 Å². The zero-order valence-corrected chi connectivity index (χ0v) is 10.7. The first kappa shape index (κ1) is 12.5. The Morgan fingerprint density at radius 1 is 1.29 bits per heavy atom. The number of hydrogen-bond acceptors (Lipinski definition) is 3. The Kier molecular flexibility index (Phi) is 4.95. The topological polar surface area (TPSA) is 28.2 Å². The molecule has 0 spiro atoms. The second kappa shape index (κ2) is 6.72. The van der Waals surface area contributed by atoms with E-state index in [1.54, 1.807) is 0 Å². The molecule has 0 radical (unpaired) electrons. The Morgan fingerprint density at radius 3 is 2.65 bits per heavy atom. The minimum atomic E-state index is 0.878. The number of piperidine rings is 1. The number of pyridine rings is 1.